The summed E-state index contributed by atoms with van der Waals surface area (Å²) < 4.78 is 18.1. The van der Waals surface area contributed by atoms with Gasteiger partial charge in [-0.05, 0) is 12.1 Å². The Hall–Kier alpha value is -1.95. The normalized spacial score (nSPS) is 10.3. The molecule has 0 saturated carbocycles. The van der Waals surface area contributed by atoms with Crippen molar-refractivity contribution in [1.82, 2.24) is 4.98 Å². The smallest absolute Gasteiger partial charge is 0.311 e. The van der Waals surface area contributed by atoms with Gasteiger partial charge >= 0.3 is 5.97 Å². The highest BCUT2D eigenvalue weighted by atomic mass is 32.1. The molecule has 0 fully saturated rings. The van der Waals surface area contributed by atoms with Gasteiger partial charge in [0.25, 0.3) is 0 Å². The van der Waals surface area contributed by atoms with E-state index in [1.54, 1.807) is 5.38 Å². The molecule has 1 aromatic carbocycles. The van der Waals surface area contributed by atoms with E-state index in [9.17, 15) is 9.18 Å². The maximum Gasteiger partial charge on any atom is 0.311 e. The molecule has 0 atom stereocenters. The molecule has 0 radical (unpaired) electrons. The van der Waals surface area contributed by atoms with Crippen LogP contribution < -0.4 is 0 Å². The zero-order valence-electron chi connectivity index (χ0n) is 9.51. The van der Waals surface area contributed by atoms with Crippen LogP contribution in [0.3, 0.4) is 0 Å². The molecule has 0 aliphatic heterocycles. The Morgan fingerprint density at radius 1 is 1.56 bits per heavy atom. The molecule has 2 rings (SSSR count). The Morgan fingerprint density at radius 2 is 2.33 bits per heavy atom. The molecule has 0 aliphatic carbocycles. The highest BCUT2D eigenvalue weighted by Crippen LogP contribution is 2.28. The first-order valence-corrected chi connectivity index (χ1v) is 5.98. The van der Waals surface area contributed by atoms with E-state index in [-0.39, 0.29) is 12.2 Å². The fourth-order valence-electron chi connectivity index (χ4n) is 1.41. The number of esters is 1. The lowest BCUT2D eigenvalue weighted by Crippen LogP contribution is -2.04. The number of rotatable bonds is 3. The van der Waals surface area contributed by atoms with Gasteiger partial charge in [0.1, 0.15) is 16.6 Å². The first-order chi connectivity index (χ1) is 8.60. The number of halogens is 1. The molecule has 0 spiro atoms. The molecule has 0 saturated heterocycles. The Kier molecular flexibility index (Phi) is 3.57. The largest absolute Gasteiger partial charge is 0.508 e. The molecule has 4 nitrogen and oxygen atoms in total. The van der Waals surface area contributed by atoms with Crippen molar-refractivity contribution >= 4 is 17.3 Å². The number of aromatic hydroxyl groups is 1. The lowest BCUT2D eigenvalue weighted by molar-refractivity contribution is -0.139. The number of thiazole rings is 1. The summed E-state index contributed by atoms with van der Waals surface area (Å²) >= 11 is 1.23. The molecular weight excluding hydrogens is 257 g/mol. The fourth-order valence-corrected chi connectivity index (χ4v) is 2.26. The molecule has 18 heavy (non-hydrogen) atoms. The van der Waals surface area contributed by atoms with Crippen LogP contribution in [0.4, 0.5) is 4.39 Å². The van der Waals surface area contributed by atoms with Crippen molar-refractivity contribution in [2.75, 3.05) is 7.11 Å². The number of carbonyl (C=O) groups excluding carboxylic acids is 1. The van der Waals surface area contributed by atoms with Gasteiger partial charge in [0.05, 0.1) is 19.2 Å². The first-order valence-electron chi connectivity index (χ1n) is 5.10. The van der Waals surface area contributed by atoms with Crippen LogP contribution in [-0.2, 0) is 16.0 Å². The fraction of sp³-hybridized carbons (Fsp3) is 0.167. The van der Waals surface area contributed by atoms with E-state index in [1.807, 2.05) is 0 Å². The van der Waals surface area contributed by atoms with Gasteiger partial charge in [-0.1, -0.05) is 0 Å². The number of methoxy groups -OCH3 is 1. The van der Waals surface area contributed by atoms with Crippen LogP contribution in [0.1, 0.15) is 5.69 Å². The van der Waals surface area contributed by atoms with E-state index < -0.39 is 11.8 Å². The number of phenolic OH excluding ortho intramolecular Hbond substituents is 1. The predicted octanol–water partition coefficient (Wildman–Crippen LogP) is 2.37. The Morgan fingerprint density at radius 3 is 3.00 bits per heavy atom. The number of ether oxygens (including phenoxy) is 1. The summed E-state index contributed by atoms with van der Waals surface area (Å²) in [5.41, 5.74) is 0.836. The van der Waals surface area contributed by atoms with Gasteiger partial charge in [-0.15, -0.1) is 11.3 Å². The van der Waals surface area contributed by atoms with E-state index in [0.717, 1.165) is 6.07 Å². The maximum absolute atomic E-state index is 13.6. The SMILES string of the molecule is COC(=O)Cc1csc(-c2ccc(O)cc2F)n1. The number of nitrogens with zero attached hydrogens (tertiary/aromatic N) is 1. The molecule has 0 amide bonds. The van der Waals surface area contributed by atoms with Crippen LogP contribution in [0, 0.1) is 5.82 Å². The second kappa shape index (κ2) is 5.14. The van der Waals surface area contributed by atoms with Gasteiger partial charge < -0.3 is 9.84 Å². The molecule has 2 aromatic rings. The maximum atomic E-state index is 13.6. The van der Waals surface area contributed by atoms with Crippen molar-refractivity contribution in [2.24, 2.45) is 0 Å². The summed E-state index contributed by atoms with van der Waals surface area (Å²) in [6, 6.07) is 3.86. The number of hydrogen-bond acceptors (Lipinski definition) is 5. The van der Waals surface area contributed by atoms with Crippen molar-refractivity contribution in [1.29, 1.82) is 0 Å². The Bertz CT molecular complexity index is 582. The molecule has 94 valence electrons. The highest BCUT2D eigenvalue weighted by molar-refractivity contribution is 7.13. The molecule has 0 unspecified atom stereocenters. The van der Waals surface area contributed by atoms with Gasteiger partial charge in [-0.2, -0.15) is 0 Å². The van der Waals surface area contributed by atoms with E-state index in [0.29, 0.717) is 16.3 Å². The quantitative estimate of drug-likeness (QED) is 0.867. The van der Waals surface area contributed by atoms with Crippen LogP contribution in [0.15, 0.2) is 23.6 Å². The van der Waals surface area contributed by atoms with E-state index in [4.69, 9.17) is 5.11 Å². The summed E-state index contributed by atoms with van der Waals surface area (Å²) in [4.78, 5) is 15.2. The van der Waals surface area contributed by atoms with Gasteiger partial charge in [-0.3, -0.25) is 4.79 Å². The molecule has 0 bridgehead atoms. The summed E-state index contributed by atoms with van der Waals surface area (Å²) in [6.07, 6.45) is 0.0622. The molecule has 1 aromatic heterocycles. The van der Waals surface area contributed by atoms with Gasteiger partial charge in [0, 0.05) is 17.0 Å². The third kappa shape index (κ3) is 2.65. The minimum absolute atomic E-state index is 0.0622. The van der Waals surface area contributed by atoms with Crippen molar-refractivity contribution in [2.45, 2.75) is 6.42 Å². The number of carbonyl (C=O) groups is 1. The topological polar surface area (TPSA) is 59.4 Å². The lowest BCUT2D eigenvalue weighted by Gasteiger charge is -1.99. The predicted molar refractivity (Wildman–Crippen MR) is 64.9 cm³/mol. The van der Waals surface area contributed by atoms with Gasteiger partial charge in [0.2, 0.25) is 0 Å². The van der Waals surface area contributed by atoms with Gasteiger partial charge in [-0.25, -0.2) is 9.37 Å². The molecule has 1 heterocycles. The molecule has 1 N–H and O–H groups in total. The second-order valence-electron chi connectivity index (χ2n) is 3.56. The zero-order chi connectivity index (χ0) is 13.1. The van der Waals surface area contributed by atoms with Crippen molar-refractivity contribution in [3.8, 4) is 16.3 Å². The van der Waals surface area contributed by atoms with E-state index >= 15 is 0 Å². The lowest BCUT2D eigenvalue weighted by atomic mass is 10.2. The Balaban J connectivity index is 2.26. The van der Waals surface area contributed by atoms with Gasteiger partial charge in [0.15, 0.2) is 0 Å². The van der Waals surface area contributed by atoms with Crippen LogP contribution >= 0.6 is 11.3 Å². The summed E-state index contributed by atoms with van der Waals surface area (Å²) in [7, 11) is 1.30. The summed E-state index contributed by atoms with van der Waals surface area (Å²) in [5, 5.41) is 11.3. The zero-order valence-corrected chi connectivity index (χ0v) is 10.3. The van der Waals surface area contributed by atoms with E-state index in [2.05, 4.69) is 9.72 Å². The second-order valence-corrected chi connectivity index (χ2v) is 4.42. The number of phenols is 1. The average molecular weight is 267 g/mol. The van der Waals surface area contributed by atoms with Crippen molar-refractivity contribution in [3.63, 3.8) is 0 Å². The Labute approximate surface area is 107 Å². The number of aromatic nitrogens is 1. The third-order valence-corrected chi connectivity index (χ3v) is 3.21. The van der Waals surface area contributed by atoms with Crippen molar-refractivity contribution in [3.05, 3.63) is 35.1 Å². The molecule has 0 aliphatic rings. The standard InChI is InChI=1S/C12H10FNO3S/c1-17-11(16)4-7-6-18-12(14-7)9-3-2-8(15)5-10(9)13/h2-3,5-6,15H,4H2,1H3. The number of hydrogen-bond donors (Lipinski definition) is 1. The monoisotopic (exact) mass is 267 g/mol. The minimum atomic E-state index is -0.547. The summed E-state index contributed by atoms with van der Waals surface area (Å²) in [5.74, 6) is -1.07. The van der Waals surface area contributed by atoms with Crippen LogP contribution in [0.5, 0.6) is 5.75 Å². The summed E-state index contributed by atoms with van der Waals surface area (Å²) in [6.45, 7) is 0. The number of benzene rings is 1. The van der Waals surface area contributed by atoms with Crippen molar-refractivity contribution < 1.29 is 19.0 Å². The average Bonchev–Trinajstić information content (AvgIpc) is 2.77. The van der Waals surface area contributed by atoms with Crippen LogP contribution in [0.2, 0.25) is 0 Å². The first kappa shape index (κ1) is 12.5. The minimum Gasteiger partial charge on any atom is -0.508 e. The third-order valence-electron chi connectivity index (χ3n) is 2.29. The van der Waals surface area contributed by atoms with Crippen LogP contribution in [-0.4, -0.2) is 23.2 Å². The molecule has 6 heteroatoms. The highest BCUT2D eigenvalue weighted by Gasteiger charge is 2.12. The van der Waals surface area contributed by atoms with Crippen LogP contribution in [0.25, 0.3) is 10.6 Å². The van der Waals surface area contributed by atoms with E-state index in [1.165, 1.54) is 30.6 Å². The molecular formula is C12H10FNO3S.